The molecule has 26 heavy (non-hydrogen) atoms. The Bertz CT molecular complexity index is 903. The van der Waals surface area contributed by atoms with Gasteiger partial charge < -0.3 is 10.6 Å². The van der Waals surface area contributed by atoms with E-state index in [4.69, 9.17) is 5.73 Å². The first-order valence-electron chi connectivity index (χ1n) is 8.75. The molecule has 3 N–H and O–H groups in total. The maximum atomic E-state index is 11.8. The molecule has 1 saturated heterocycles. The summed E-state index contributed by atoms with van der Waals surface area (Å²) in [6.07, 6.45) is 2.41. The topological polar surface area (TPSA) is 92.5 Å². The first-order chi connectivity index (χ1) is 12.2. The van der Waals surface area contributed by atoms with Crippen LogP contribution in [0.2, 0.25) is 0 Å². The summed E-state index contributed by atoms with van der Waals surface area (Å²) >= 11 is 0. The third-order valence-corrected chi connectivity index (χ3v) is 6.43. The molecule has 0 saturated carbocycles. The van der Waals surface area contributed by atoms with Crippen LogP contribution in [0.25, 0.3) is 5.57 Å². The van der Waals surface area contributed by atoms with Crippen LogP contribution in [-0.4, -0.2) is 33.5 Å². The van der Waals surface area contributed by atoms with Gasteiger partial charge in [-0.2, -0.15) is 0 Å². The standard InChI is InChI=1S/C19H25N3O3S/c1-4-26(24,25)21-14-6-5-9-22(11-14)17-8-7-15(19(20)23)16-10-12(2)13(3)18(16)17/h4,7-8,14,21H,1,5-6,9-11H2,2-3H3,(H2,20,23). The molecule has 1 fully saturated rings. The van der Waals surface area contributed by atoms with Crippen molar-refractivity contribution in [2.24, 2.45) is 5.73 Å². The molecule has 1 aliphatic heterocycles. The summed E-state index contributed by atoms with van der Waals surface area (Å²) in [5, 5.41) is 0.946. The highest BCUT2D eigenvalue weighted by molar-refractivity contribution is 7.92. The first kappa shape index (κ1) is 18.7. The number of carbonyl (C=O) groups excluding carboxylic acids is 1. The lowest BCUT2D eigenvalue weighted by atomic mass is 9.96. The normalized spacial score (nSPS) is 20.2. The highest BCUT2D eigenvalue weighted by Crippen LogP contribution is 2.41. The molecular weight excluding hydrogens is 350 g/mol. The Kier molecular flexibility index (Phi) is 4.94. The largest absolute Gasteiger partial charge is 0.369 e. The van der Waals surface area contributed by atoms with Crippen molar-refractivity contribution in [2.75, 3.05) is 18.0 Å². The number of nitrogens with zero attached hydrogens (tertiary/aromatic N) is 1. The zero-order chi connectivity index (χ0) is 19.1. The van der Waals surface area contributed by atoms with Crippen LogP contribution in [0.15, 0.2) is 29.7 Å². The molecule has 1 aromatic carbocycles. The van der Waals surface area contributed by atoms with Crippen LogP contribution in [0.5, 0.6) is 0 Å². The van der Waals surface area contributed by atoms with Crippen LogP contribution >= 0.6 is 0 Å². The molecule has 1 amide bonds. The van der Waals surface area contributed by atoms with Gasteiger partial charge >= 0.3 is 0 Å². The molecule has 1 atom stereocenters. The van der Waals surface area contributed by atoms with Crippen molar-refractivity contribution >= 4 is 27.2 Å². The number of fused-ring (bicyclic) bond motifs is 1. The SMILES string of the molecule is C=CS(=O)(=O)NC1CCCN(c2ccc(C(N)=O)c3c2C(C)=C(C)C3)C1. The Morgan fingerprint density at radius 2 is 2.12 bits per heavy atom. The van der Waals surface area contributed by atoms with Crippen LogP contribution < -0.4 is 15.4 Å². The Morgan fingerprint density at radius 3 is 2.77 bits per heavy atom. The van der Waals surface area contributed by atoms with E-state index in [0.29, 0.717) is 12.1 Å². The van der Waals surface area contributed by atoms with Gasteiger partial charge in [0.2, 0.25) is 15.9 Å². The van der Waals surface area contributed by atoms with Gasteiger partial charge in [-0.25, -0.2) is 13.1 Å². The Labute approximate surface area is 154 Å². The molecule has 3 rings (SSSR count). The van der Waals surface area contributed by atoms with E-state index >= 15 is 0 Å². The van der Waals surface area contributed by atoms with Crippen LogP contribution in [-0.2, 0) is 16.4 Å². The second-order valence-electron chi connectivity index (χ2n) is 7.05. The fraction of sp³-hybridized carbons (Fsp3) is 0.421. The number of allylic oxidation sites excluding steroid dienone is 2. The number of primary amides is 1. The number of hydrogen-bond donors (Lipinski definition) is 2. The molecule has 1 aliphatic carbocycles. The van der Waals surface area contributed by atoms with Crippen LogP contribution in [0.3, 0.4) is 0 Å². The van der Waals surface area contributed by atoms with Crippen molar-refractivity contribution in [2.45, 2.75) is 39.2 Å². The average molecular weight is 375 g/mol. The zero-order valence-corrected chi connectivity index (χ0v) is 16.0. The summed E-state index contributed by atoms with van der Waals surface area (Å²) in [6.45, 7) is 8.92. The molecule has 1 aromatic rings. The Balaban J connectivity index is 1.96. The first-order valence-corrected chi connectivity index (χ1v) is 10.3. The molecule has 140 valence electrons. The van der Waals surface area contributed by atoms with Crippen molar-refractivity contribution < 1.29 is 13.2 Å². The molecule has 0 spiro atoms. The minimum Gasteiger partial charge on any atom is -0.369 e. The van der Waals surface area contributed by atoms with Gasteiger partial charge in [0, 0.05) is 41.4 Å². The molecular formula is C19H25N3O3S. The summed E-state index contributed by atoms with van der Waals surface area (Å²) in [4.78, 5) is 14.0. The summed E-state index contributed by atoms with van der Waals surface area (Å²) in [5.74, 6) is -0.412. The maximum absolute atomic E-state index is 11.8. The number of sulfonamides is 1. The Hall–Kier alpha value is -2.12. The van der Waals surface area contributed by atoms with E-state index in [2.05, 4.69) is 30.0 Å². The predicted molar refractivity (Wildman–Crippen MR) is 104 cm³/mol. The smallest absolute Gasteiger partial charge is 0.249 e. The van der Waals surface area contributed by atoms with E-state index < -0.39 is 15.9 Å². The van der Waals surface area contributed by atoms with Gasteiger partial charge in [-0.05, 0) is 56.4 Å². The lowest BCUT2D eigenvalue weighted by Crippen LogP contribution is -2.47. The van der Waals surface area contributed by atoms with Crippen molar-refractivity contribution in [1.82, 2.24) is 4.72 Å². The summed E-state index contributed by atoms with van der Waals surface area (Å²) in [5.41, 5.74) is 11.6. The summed E-state index contributed by atoms with van der Waals surface area (Å²) in [6, 6.07) is 3.57. The van der Waals surface area contributed by atoms with E-state index in [1.54, 1.807) is 6.07 Å². The summed E-state index contributed by atoms with van der Waals surface area (Å²) < 4.78 is 26.3. The molecule has 1 heterocycles. The van der Waals surface area contributed by atoms with Crippen molar-refractivity contribution in [1.29, 1.82) is 0 Å². The fourth-order valence-electron chi connectivity index (χ4n) is 3.92. The number of benzene rings is 1. The van der Waals surface area contributed by atoms with Crippen molar-refractivity contribution in [3.05, 3.63) is 46.4 Å². The van der Waals surface area contributed by atoms with Gasteiger partial charge in [0.1, 0.15) is 0 Å². The van der Waals surface area contributed by atoms with Gasteiger partial charge in [-0.3, -0.25) is 4.79 Å². The quantitative estimate of drug-likeness (QED) is 0.825. The van der Waals surface area contributed by atoms with E-state index in [-0.39, 0.29) is 6.04 Å². The van der Waals surface area contributed by atoms with Crippen LogP contribution in [0, 0.1) is 0 Å². The second kappa shape index (κ2) is 6.89. The van der Waals surface area contributed by atoms with Gasteiger partial charge in [0.25, 0.3) is 0 Å². The average Bonchev–Trinajstić information content (AvgIpc) is 2.89. The number of nitrogens with one attached hydrogen (secondary N) is 1. The number of rotatable bonds is 5. The third kappa shape index (κ3) is 3.41. The van der Waals surface area contributed by atoms with Gasteiger partial charge in [0.05, 0.1) is 0 Å². The van der Waals surface area contributed by atoms with Crippen LogP contribution in [0.4, 0.5) is 5.69 Å². The van der Waals surface area contributed by atoms with Gasteiger partial charge in [0.15, 0.2) is 0 Å². The van der Waals surface area contributed by atoms with Crippen molar-refractivity contribution in [3.8, 4) is 0 Å². The molecule has 0 bridgehead atoms. The number of carbonyl (C=O) groups is 1. The molecule has 0 radical (unpaired) electrons. The molecule has 1 unspecified atom stereocenters. The predicted octanol–water partition coefficient (Wildman–Crippen LogP) is 2.17. The van der Waals surface area contributed by atoms with E-state index in [0.717, 1.165) is 48.0 Å². The molecule has 7 heteroatoms. The number of piperidine rings is 1. The van der Waals surface area contributed by atoms with Gasteiger partial charge in [-0.1, -0.05) is 12.2 Å². The van der Waals surface area contributed by atoms with E-state index in [9.17, 15) is 13.2 Å². The third-order valence-electron chi connectivity index (χ3n) is 5.33. The zero-order valence-electron chi connectivity index (χ0n) is 15.2. The fourth-order valence-corrected chi connectivity index (χ4v) is 4.67. The highest BCUT2D eigenvalue weighted by atomic mass is 32.2. The van der Waals surface area contributed by atoms with Crippen LogP contribution in [0.1, 0.15) is 48.2 Å². The molecule has 2 aliphatic rings. The number of nitrogens with two attached hydrogens (primary N) is 1. The maximum Gasteiger partial charge on any atom is 0.249 e. The highest BCUT2D eigenvalue weighted by Gasteiger charge is 2.29. The minimum atomic E-state index is -3.46. The second-order valence-corrected chi connectivity index (χ2v) is 8.71. The lowest BCUT2D eigenvalue weighted by Gasteiger charge is -2.36. The lowest BCUT2D eigenvalue weighted by molar-refractivity contribution is 0.0999. The summed E-state index contributed by atoms with van der Waals surface area (Å²) in [7, 11) is -3.46. The van der Waals surface area contributed by atoms with E-state index in [1.165, 1.54) is 11.1 Å². The van der Waals surface area contributed by atoms with Crippen molar-refractivity contribution in [3.63, 3.8) is 0 Å². The minimum absolute atomic E-state index is 0.162. The molecule has 6 nitrogen and oxygen atoms in total. The number of anilines is 1. The monoisotopic (exact) mass is 375 g/mol. The van der Waals surface area contributed by atoms with E-state index in [1.807, 2.05) is 6.07 Å². The number of amides is 1. The molecule has 0 aromatic heterocycles. The number of hydrogen-bond acceptors (Lipinski definition) is 4. The Morgan fingerprint density at radius 1 is 1.38 bits per heavy atom. The van der Waals surface area contributed by atoms with Gasteiger partial charge in [-0.15, -0.1) is 0 Å².